The molecule has 2 aromatic rings. The van der Waals surface area contributed by atoms with Gasteiger partial charge in [-0.2, -0.15) is 0 Å². The zero-order valence-corrected chi connectivity index (χ0v) is 18.2. The summed E-state index contributed by atoms with van der Waals surface area (Å²) < 4.78 is 54.6. The van der Waals surface area contributed by atoms with Gasteiger partial charge < -0.3 is 19.7 Å². The van der Waals surface area contributed by atoms with Crippen molar-refractivity contribution in [2.24, 2.45) is 0 Å². The van der Waals surface area contributed by atoms with Gasteiger partial charge >= 0.3 is 0 Å². The normalized spacial score (nSPS) is 27.6. The van der Waals surface area contributed by atoms with Gasteiger partial charge in [-0.15, -0.1) is 0 Å². The first-order valence-corrected chi connectivity index (χ1v) is 11.0. The molecule has 0 aromatic heterocycles. The number of carbonyl (C=O) groups excluding carboxylic acids is 2. The molecule has 3 aliphatic rings. The van der Waals surface area contributed by atoms with Crippen molar-refractivity contribution in [3.05, 3.63) is 77.0 Å². The zero-order chi connectivity index (χ0) is 27.3. The molecule has 2 saturated heterocycles. The average molecular weight is 453 g/mol. The molecule has 33 heavy (non-hydrogen) atoms. The van der Waals surface area contributed by atoms with Gasteiger partial charge in [0.1, 0.15) is 18.3 Å². The molecular weight excluding hydrogens is 418 g/mol. The lowest BCUT2D eigenvalue weighted by molar-refractivity contribution is -0.126. The van der Waals surface area contributed by atoms with Gasteiger partial charge in [-0.05, 0) is 36.1 Å². The Morgan fingerprint density at radius 3 is 2.70 bits per heavy atom. The smallest absolute Gasteiger partial charge is 0.255 e. The number of piperidine rings is 1. The van der Waals surface area contributed by atoms with E-state index in [4.69, 9.17) is 16.3 Å². The summed E-state index contributed by atoms with van der Waals surface area (Å²) in [6, 6.07) is 8.95. The van der Waals surface area contributed by atoms with E-state index in [9.17, 15) is 9.59 Å². The van der Waals surface area contributed by atoms with Gasteiger partial charge in [0.25, 0.3) is 5.91 Å². The van der Waals surface area contributed by atoms with E-state index >= 15 is 0 Å². The summed E-state index contributed by atoms with van der Waals surface area (Å²) in [5.41, 5.74) is 1.36. The maximum Gasteiger partial charge on any atom is 0.255 e. The molecule has 0 bridgehead atoms. The summed E-state index contributed by atoms with van der Waals surface area (Å²) >= 11 is 0. The first kappa shape index (κ1) is 16.5. The maximum absolute atomic E-state index is 13.3. The monoisotopic (exact) mass is 452 g/mol. The first-order valence-electron chi connectivity index (χ1n) is 13.5. The number of fused-ring (bicyclic) bond motifs is 1. The summed E-state index contributed by atoms with van der Waals surface area (Å²) in [6.07, 6.45) is 0.101. The Morgan fingerprint density at radius 1 is 1.18 bits per heavy atom. The number of amides is 2. The molecule has 0 unspecified atom stereocenters. The molecule has 3 heterocycles. The van der Waals surface area contributed by atoms with Crippen molar-refractivity contribution in [2.45, 2.75) is 38.5 Å². The van der Waals surface area contributed by atoms with E-state index in [1.807, 2.05) is 12.1 Å². The van der Waals surface area contributed by atoms with Crippen LogP contribution in [0.1, 0.15) is 46.7 Å². The summed E-state index contributed by atoms with van der Waals surface area (Å²) in [7, 11) is 0. The number of nitrogens with zero attached hydrogens (tertiary/aromatic N) is 2. The number of benzene rings is 2. The number of allylic oxidation sites excluding steroid dienone is 1. The Kier molecular flexibility index (Phi) is 4.67. The second-order valence-electron chi connectivity index (χ2n) is 8.23. The van der Waals surface area contributed by atoms with Crippen LogP contribution in [0.3, 0.4) is 0 Å². The van der Waals surface area contributed by atoms with Crippen LogP contribution in [0.2, 0.25) is 0 Å². The molecule has 0 spiro atoms. The standard InChI is InChI=1S/C26H29N3O4/c1-18-5-10-23(25(30)27-18)29-16-22-21(26(29)31)3-2-4-24(22)33-17-20-8-6-19(7-9-20)15-28-11-13-32-14-12-28/h2-4,6-9,23H,1,5,10-17H2,(H,27,30)/t23-/m0/s1/i16D2,17D2,23D. The predicted octanol–water partition coefficient (Wildman–Crippen LogP) is 2.85. The third-order valence-electron chi connectivity index (χ3n) is 5.91. The second-order valence-corrected chi connectivity index (χ2v) is 8.23. The van der Waals surface area contributed by atoms with E-state index in [0.717, 1.165) is 18.7 Å². The van der Waals surface area contributed by atoms with E-state index in [1.165, 1.54) is 18.2 Å². The summed E-state index contributed by atoms with van der Waals surface area (Å²) in [6.45, 7) is 2.49. The van der Waals surface area contributed by atoms with Crippen LogP contribution in [0.25, 0.3) is 0 Å². The lowest BCUT2D eigenvalue weighted by Gasteiger charge is -2.31. The maximum atomic E-state index is 13.3. The van der Waals surface area contributed by atoms with Gasteiger partial charge in [-0.25, -0.2) is 0 Å². The lowest BCUT2D eigenvalue weighted by Crippen LogP contribution is -2.49. The average Bonchev–Trinajstić information content (AvgIpc) is 3.08. The van der Waals surface area contributed by atoms with Gasteiger partial charge in [0.05, 0.1) is 26.6 Å². The highest BCUT2D eigenvalue weighted by Gasteiger charge is 2.39. The minimum Gasteiger partial charge on any atom is -0.489 e. The van der Waals surface area contributed by atoms with Gasteiger partial charge in [-0.1, -0.05) is 36.9 Å². The number of carbonyl (C=O) groups is 2. The van der Waals surface area contributed by atoms with Crippen LogP contribution in [-0.2, 0) is 29.1 Å². The van der Waals surface area contributed by atoms with Gasteiger partial charge in [0, 0.05) is 36.5 Å². The Balaban J connectivity index is 1.41. The van der Waals surface area contributed by atoms with Crippen LogP contribution in [-0.4, -0.2) is 53.9 Å². The fourth-order valence-electron chi connectivity index (χ4n) is 4.08. The molecule has 2 fully saturated rings. The molecule has 3 aliphatic heterocycles. The summed E-state index contributed by atoms with van der Waals surface area (Å²) in [5.74, 6) is -1.84. The van der Waals surface area contributed by atoms with Crippen LogP contribution in [0.5, 0.6) is 5.75 Å². The molecule has 172 valence electrons. The van der Waals surface area contributed by atoms with Crippen LogP contribution in [0, 0.1) is 0 Å². The highest BCUT2D eigenvalue weighted by atomic mass is 16.5. The lowest BCUT2D eigenvalue weighted by atomic mass is 10.0. The molecule has 1 atom stereocenters. The highest BCUT2D eigenvalue weighted by molar-refractivity contribution is 6.02. The van der Waals surface area contributed by atoms with Crippen LogP contribution in [0.4, 0.5) is 0 Å². The largest absolute Gasteiger partial charge is 0.489 e. The second kappa shape index (κ2) is 9.37. The summed E-state index contributed by atoms with van der Waals surface area (Å²) in [5, 5.41) is 2.45. The Morgan fingerprint density at radius 2 is 1.94 bits per heavy atom. The Bertz CT molecular complexity index is 1280. The molecule has 2 amide bonds. The number of hydrogen-bond acceptors (Lipinski definition) is 5. The first-order chi connectivity index (χ1) is 17.9. The molecule has 1 N–H and O–H groups in total. The SMILES string of the molecule is [2H]C([2H])(Oc1cccc2c1C([2H])([2H])N([C@@]1([2H])CCC(=C)NC1=O)C2=O)c1ccc(CN2CCOCC2)cc1. The van der Waals surface area contributed by atoms with Gasteiger partial charge in [0.15, 0.2) is 0 Å². The molecule has 2 aromatic carbocycles. The molecular formula is C26H29N3O4. The molecule has 0 saturated carbocycles. The molecule has 0 aliphatic carbocycles. The van der Waals surface area contributed by atoms with Crippen molar-refractivity contribution in [3.63, 3.8) is 0 Å². The molecule has 5 rings (SSSR count). The third-order valence-corrected chi connectivity index (χ3v) is 5.91. The van der Waals surface area contributed by atoms with Crippen molar-refractivity contribution >= 4 is 11.8 Å². The van der Waals surface area contributed by atoms with Crippen LogP contribution < -0.4 is 10.1 Å². The number of morpholine rings is 1. The van der Waals surface area contributed by atoms with Crippen molar-refractivity contribution < 1.29 is 25.9 Å². The number of nitrogens with one attached hydrogen (secondary N) is 1. The Labute approximate surface area is 201 Å². The predicted molar refractivity (Wildman–Crippen MR) is 123 cm³/mol. The Hall–Kier alpha value is -3.16. The van der Waals surface area contributed by atoms with Gasteiger partial charge in [-0.3, -0.25) is 14.5 Å². The van der Waals surface area contributed by atoms with Crippen LogP contribution in [0.15, 0.2) is 54.7 Å². The number of ether oxygens (including phenoxy) is 2. The fraction of sp³-hybridized carbons (Fsp3) is 0.385. The molecule has 0 radical (unpaired) electrons. The van der Waals surface area contributed by atoms with E-state index < -0.39 is 30.9 Å². The van der Waals surface area contributed by atoms with E-state index in [0.29, 0.717) is 30.4 Å². The van der Waals surface area contributed by atoms with Crippen molar-refractivity contribution in [3.8, 4) is 5.75 Å². The minimum atomic E-state index is -2.60. The van der Waals surface area contributed by atoms with Crippen molar-refractivity contribution in [2.75, 3.05) is 26.3 Å². The quantitative estimate of drug-likeness (QED) is 0.730. The molecule has 7 heteroatoms. The fourth-order valence-corrected chi connectivity index (χ4v) is 4.08. The third kappa shape index (κ3) is 4.65. The minimum absolute atomic E-state index is 0.0759. The van der Waals surface area contributed by atoms with Gasteiger partial charge in [0.2, 0.25) is 5.91 Å². The number of rotatable bonds is 6. The van der Waals surface area contributed by atoms with E-state index in [2.05, 4.69) is 16.8 Å². The van der Waals surface area contributed by atoms with Crippen LogP contribution >= 0.6 is 0 Å². The molecule has 7 nitrogen and oxygen atoms in total. The van der Waals surface area contributed by atoms with Crippen molar-refractivity contribution in [1.29, 1.82) is 0 Å². The van der Waals surface area contributed by atoms with Crippen molar-refractivity contribution in [1.82, 2.24) is 15.1 Å². The summed E-state index contributed by atoms with van der Waals surface area (Å²) in [4.78, 5) is 28.9. The van der Waals surface area contributed by atoms with E-state index in [1.54, 1.807) is 12.1 Å². The van der Waals surface area contributed by atoms with E-state index in [-0.39, 0.29) is 35.3 Å². The number of hydrogen-bond donors (Lipinski definition) is 1. The highest BCUT2D eigenvalue weighted by Crippen LogP contribution is 2.34. The zero-order valence-electron chi connectivity index (χ0n) is 23.2. The topological polar surface area (TPSA) is 71.1 Å².